The highest BCUT2D eigenvalue weighted by Gasteiger charge is 2.37. The highest BCUT2D eigenvalue weighted by molar-refractivity contribution is 5.89. The molecule has 0 spiro atoms. The average molecular weight is 324 g/mol. The van der Waals surface area contributed by atoms with Crippen LogP contribution in [0.5, 0.6) is 0 Å². The van der Waals surface area contributed by atoms with E-state index in [9.17, 15) is 9.59 Å². The van der Waals surface area contributed by atoms with Crippen LogP contribution in [0.25, 0.3) is 6.08 Å². The van der Waals surface area contributed by atoms with Gasteiger partial charge in [0.1, 0.15) is 6.04 Å². The zero-order valence-electron chi connectivity index (χ0n) is 14.0. The Balaban J connectivity index is 1.44. The lowest BCUT2D eigenvalue weighted by atomic mass is 9.97. The van der Waals surface area contributed by atoms with Crippen LogP contribution in [-0.2, 0) is 9.59 Å². The van der Waals surface area contributed by atoms with Gasteiger partial charge in [0.2, 0.25) is 11.8 Å². The molecule has 4 heteroatoms. The number of carbonyl (C=O) groups is 2. The molecule has 0 aromatic heterocycles. The second kappa shape index (κ2) is 6.42. The van der Waals surface area contributed by atoms with Crippen molar-refractivity contribution in [2.45, 2.75) is 44.1 Å². The van der Waals surface area contributed by atoms with E-state index in [0.717, 1.165) is 45.3 Å². The van der Waals surface area contributed by atoms with Gasteiger partial charge in [0.25, 0.3) is 0 Å². The molecule has 2 fully saturated rings. The van der Waals surface area contributed by atoms with Gasteiger partial charge in [-0.15, -0.1) is 0 Å². The fraction of sp³-hybridized carbons (Fsp3) is 0.500. The van der Waals surface area contributed by atoms with Gasteiger partial charge in [-0.1, -0.05) is 36.4 Å². The third-order valence-electron chi connectivity index (χ3n) is 5.57. The van der Waals surface area contributed by atoms with Crippen molar-refractivity contribution in [3.05, 3.63) is 41.5 Å². The third kappa shape index (κ3) is 2.74. The second-order valence-corrected chi connectivity index (χ2v) is 7.08. The fourth-order valence-corrected chi connectivity index (χ4v) is 4.28. The topological polar surface area (TPSA) is 40.6 Å². The van der Waals surface area contributed by atoms with Crippen molar-refractivity contribution in [2.75, 3.05) is 19.6 Å². The Morgan fingerprint density at radius 1 is 1.04 bits per heavy atom. The van der Waals surface area contributed by atoms with Gasteiger partial charge in [-0.25, -0.2) is 0 Å². The first kappa shape index (κ1) is 15.4. The second-order valence-electron chi connectivity index (χ2n) is 7.08. The molecule has 0 saturated carbocycles. The molecule has 2 amide bonds. The lowest BCUT2D eigenvalue weighted by Crippen LogP contribution is -2.47. The minimum absolute atomic E-state index is 0.122. The Labute approximate surface area is 143 Å². The molecule has 1 aromatic carbocycles. The Morgan fingerprint density at radius 3 is 2.67 bits per heavy atom. The Morgan fingerprint density at radius 2 is 1.83 bits per heavy atom. The number of likely N-dealkylation sites (tertiary alicyclic amines) is 2. The molecule has 2 saturated heterocycles. The smallest absolute Gasteiger partial charge is 0.245 e. The van der Waals surface area contributed by atoms with Crippen LogP contribution >= 0.6 is 0 Å². The average Bonchev–Trinajstić information content (AvgIpc) is 3.35. The van der Waals surface area contributed by atoms with Crippen molar-refractivity contribution in [1.29, 1.82) is 0 Å². The predicted octanol–water partition coefficient (Wildman–Crippen LogP) is 2.80. The van der Waals surface area contributed by atoms with Gasteiger partial charge in [0, 0.05) is 32.0 Å². The molecule has 0 radical (unpaired) electrons. The van der Waals surface area contributed by atoms with Gasteiger partial charge in [0.15, 0.2) is 0 Å². The number of carbonyl (C=O) groups excluding carboxylic acids is 2. The number of benzene rings is 1. The molecule has 0 bridgehead atoms. The van der Waals surface area contributed by atoms with Gasteiger partial charge in [-0.2, -0.15) is 0 Å². The minimum atomic E-state index is -0.226. The SMILES string of the molecule is O=C([C@H]1CCCN1C(=O)CC1C=Cc2ccccc21)N1CCCC1. The van der Waals surface area contributed by atoms with Gasteiger partial charge in [-0.3, -0.25) is 9.59 Å². The van der Waals surface area contributed by atoms with Crippen molar-refractivity contribution < 1.29 is 9.59 Å². The molecule has 4 rings (SSSR count). The van der Waals surface area contributed by atoms with Crippen LogP contribution in [0.15, 0.2) is 30.3 Å². The molecular formula is C20H24N2O2. The number of fused-ring (bicyclic) bond motifs is 1. The summed E-state index contributed by atoms with van der Waals surface area (Å²) in [5.41, 5.74) is 2.44. The van der Waals surface area contributed by atoms with E-state index < -0.39 is 0 Å². The monoisotopic (exact) mass is 324 g/mol. The molecule has 4 nitrogen and oxygen atoms in total. The summed E-state index contributed by atoms with van der Waals surface area (Å²) in [5, 5.41) is 0. The van der Waals surface area contributed by atoms with Gasteiger partial charge in [0.05, 0.1) is 0 Å². The van der Waals surface area contributed by atoms with Crippen LogP contribution in [0.1, 0.15) is 49.1 Å². The van der Waals surface area contributed by atoms with Crippen molar-refractivity contribution in [2.24, 2.45) is 0 Å². The minimum Gasteiger partial charge on any atom is -0.341 e. The largest absolute Gasteiger partial charge is 0.341 e. The van der Waals surface area contributed by atoms with Crippen LogP contribution in [0.4, 0.5) is 0 Å². The first-order valence-corrected chi connectivity index (χ1v) is 9.09. The molecule has 2 heterocycles. The van der Waals surface area contributed by atoms with Crippen molar-refractivity contribution in [3.8, 4) is 0 Å². The first-order valence-electron chi connectivity index (χ1n) is 9.09. The van der Waals surface area contributed by atoms with Crippen molar-refractivity contribution >= 4 is 17.9 Å². The lowest BCUT2D eigenvalue weighted by molar-refractivity contribution is -0.143. The van der Waals surface area contributed by atoms with Crippen LogP contribution in [0, 0.1) is 0 Å². The van der Waals surface area contributed by atoms with Crippen LogP contribution in [-0.4, -0.2) is 47.3 Å². The summed E-state index contributed by atoms with van der Waals surface area (Å²) >= 11 is 0. The van der Waals surface area contributed by atoms with Crippen molar-refractivity contribution in [1.82, 2.24) is 9.80 Å². The molecular weight excluding hydrogens is 300 g/mol. The lowest BCUT2D eigenvalue weighted by Gasteiger charge is -2.28. The number of hydrogen-bond donors (Lipinski definition) is 0. The number of amides is 2. The van der Waals surface area contributed by atoms with E-state index >= 15 is 0 Å². The molecule has 3 aliphatic rings. The summed E-state index contributed by atoms with van der Waals surface area (Å²) in [6.07, 6.45) is 8.63. The highest BCUT2D eigenvalue weighted by atomic mass is 16.2. The van der Waals surface area contributed by atoms with E-state index in [0.29, 0.717) is 6.42 Å². The maximum absolute atomic E-state index is 12.9. The Hall–Kier alpha value is -2.10. The maximum atomic E-state index is 12.9. The van der Waals surface area contributed by atoms with E-state index in [1.54, 1.807) is 0 Å². The van der Waals surface area contributed by atoms with Crippen LogP contribution in [0.3, 0.4) is 0 Å². The number of rotatable bonds is 3. The van der Waals surface area contributed by atoms with Crippen LogP contribution < -0.4 is 0 Å². The molecule has 1 aromatic rings. The molecule has 24 heavy (non-hydrogen) atoms. The van der Waals surface area contributed by atoms with E-state index in [2.05, 4.69) is 24.3 Å². The van der Waals surface area contributed by atoms with Gasteiger partial charge in [-0.05, 0) is 36.8 Å². The summed E-state index contributed by atoms with van der Waals surface area (Å²) in [6.45, 7) is 2.44. The summed E-state index contributed by atoms with van der Waals surface area (Å²) in [7, 11) is 0. The molecule has 1 aliphatic carbocycles. The number of hydrogen-bond acceptors (Lipinski definition) is 2. The standard InChI is InChI=1S/C20H24N2O2/c23-19(14-16-10-9-15-6-1-2-7-17(15)16)22-13-5-8-18(22)20(24)21-11-3-4-12-21/h1-2,6-7,9-10,16,18H,3-5,8,11-14H2/t16?,18-/m1/s1. The van der Waals surface area contributed by atoms with E-state index in [4.69, 9.17) is 0 Å². The number of nitrogens with zero attached hydrogens (tertiary/aromatic N) is 2. The van der Waals surface area contributed by atoms with E-state index in [1.807, 2.05) is 21.9 Å². The molecule has 2 aliphatic heterocycles. The van der Waals surface area contributed by atoms with E-state index in [1.165, 1.54) is 11.1 Å². The predicted molar refractivity (Wildman–Crippen MR) is 93.4 cm³/mol. The zero-order chi connectivity index (χ0) is 16.5. The summed E-state index contributed by atoms with van der Waals surface area (Å²) in [4.78, 5) is 29.4. The quantitative estimate of drug-likeness (QED) is 0.858. The highest BCUT2D eigenvalue weighted by Crippen LogP contribution is 2.33. The summed E-state index contributed by atoms with van der Waals surface area (Å²) in [5.74, 6) is 0.439. The number of allylic oxidation sites excluding steroid dienone is 1. The third-order valence-corrected chi connectivity index (χ3v) is 5.57. The fourth-order valence-electron chi connectivity index (χ4n) is 4.28. The Kier molecular flexibility index (Phi) is 4.13. The molecule has 2 atom stereocenters. The summed E-state index contributed by atoms with van der Waals surface area (Å²) < 4.78 is 0. The summed E-state index contributed by atoms with van der Waals surface area (Å²) in [6, 6.07) is 8.02. The molecule has 1 unspecified atom stereocenters. The molecule has 0 N–H and O–H groups in total. The zero-order valence-corrected chi connectivity index (χ0v) is 14.0. The Bertz CT molecular complexity index is 676. The van der Waals surface area contributed by atoms with Gasteiger partial charge >= 0.3 is 0 Å². The van der Waals surface area contributed by atoms with Crippen molar-refractivity contribution in [3.63, 3.8) is 0 Å². The van der Waals surface area contributed by atoms with Gasteiger partial charge < -0.3 is 9.80 Å². The first-order chi connectivity index (χ1) is 11.7. The van der Waals surface area contributed by atoms with E-state index in [-0.39, 0.29) is 23.8 Å². The van der Waals surface area contributed by atoms with Crippen LogP contribution in [0.2, 0.25) is 0 Å². The molecule has 126 valence electrons. The maximum Gasteiger partial charge on any atom is 0.245 e. The normalized spacial score (nSPS) is 25.3.